The van der Waals surface area contributed by atoms with Crippen LogP contribution in [0, 0.1) is 0 Å². The third kappa shape index (κ3) is 12.3. The van der Waals surface area contributed by atoms with Gasteiger partial charge in [0.1, 0.15) is 6.10 Å². The van der Waals surface area contributed by atoms with Crippen LogP contribution in [0.15, 0.2) is 17.1 Å². The molecule has 0 radical (unpaired) electrons. The van der Waals surface area contributed by atoms with Gasteiger partial charge >= 0.3 is 0 Å². The molecule has 0 spiro atoms. The summed E-state index contributed by atoms with van der Waals surface area (Å²) in [5, 5.41) is 0. The zero-order chi connectivity index (χ0) is 16.6. The molecule has 0 amide bonds. The number of ether oxygens (including phenoxy) is 1. The SMILES string of the molecule is CCCCCCCC/C=C/CCCCCCCC1=NC[C@H](C)O1. The van der Waals surface area contributed by atoms with Crippen molar-refractivity contribution >= 4 is 5.90 Å². The number of hydrogen-bond donors (Lipinski definition) is 0. The Labute approximate surface area is 144 Å². The fourth-order valence-corrected chi connectivity index (χ4v) is 3.02. The average Bonchev–Trinajstić information content (AvgIpc) is 2.96. The van der Waals surface area contributed by atoms with Crippen LogP contribution < -0.4 is 0 Å². The highest BCUT2D eigenvalue weighted by atomic mass is 16.5. The second-order valence-electron chi connectivity index (χ2n) is 7.00. The largest absolute Gasteiger partial charge is 0.476 e. The van der Waals surface area contributed by atoms with Crippen LogP contribution in [0.4, 0.5) is 0 Å². The number of rotatable bonds is 15. The van der Waals surface area contributed by atoms with E-state index in [2.05, 4.69) is 31.0 Å². The van der Waals surface area contributed by atoms with Crippen molar-refractivity contribution in [2.75, 3.05) is 6.54 Å². The van der Waals surface area contributed by atoms with E-state index in [1.54, 1.807) is 0 Å². The molecule has 0 saturated carbocycles. The molecule has 0 unspecified atom stereocenters. The van der Waals surface area contributed by atoms with Gasteiger partial charge in [-0.25, -0.2) is 0 Å². The van der Waals surface area contributed by atoms with E-state index in [1.165, 1.54) is 83.5 Å². The van der Waals surface area contributed by atoms with Crippen molar-refractivity contribution in [3.63, 3.8) is 0 Å². The van der Waals surface area contributed by atoms with Crippen molar-refractivity contribution in [2.45, 2.75) is 110 Å². The van der Waals surface area contributed by atoms with Crippen LogP contribution in [0.3, 0.4) is 0 Å². The van der Waals surface area contributed by atoms with Crippen LogP contribution in [0.25, 0.3) is 0 Å². The predicted octanol–water partition coefficient (Wildman–Crippen LogP) is 6.84. The van der Waals surface area contributed by atoms with Gasteiger partial charge in [0.25, 0.3) is 0 Å². The van der Waals surface area contributed by atoms with E-state index in [1.807, 2.05) is 0 Å². The highest BCUT2D eigenvalue weighted by Gasteiger charge is 2.13. The molecule has 0 N–H and O–H groups in total. The van der Waals surface area contributed by atoms with E-state index < -0.39 is 0 Å². The smallest absolute Gasteiger partial charge is 0.183 e. The van der Waals surface area contributed by atoms with Crippen molar-refractivity contribution in [3.8, 4) is 0 Å². The fraction of sp³-hybridized carbons (Fsp3) is 0.857. The van der Waals surface area contributed by atoms with Gasteiger partial charge in [0.05, 0.1) is 6.54 Å². The number of hydrogen-bond acceptors (Lipinski definition) is 2. The molecule has 0 aromatic carbocycles. The Balaban J connectivity index is 1.75. The Morgan fingerprint density at radius 2 is 1.43 bits per heavy atom. The van der Waals surface area contributed by atoms with Gasteiger partial charge in [-0.15, -0.1) is 0 Å². The van der Waals surface area contributed by atoms with Crippen molar-refractivity contribution in [1.29, 1.82) is 0 Å². The number of unbranched alkanes of at least 4 members (excludes halogenated alkanes) is 11. The van der Waals surface area contributed by atoms with Gasteiger partial charge in [-0.1, -0.05) is 70.4 Å². The zero-order valence-corrected chi connectivity index (χ0v) is 15.7. The summed E-state index contributed by atoms with van der Waals surface area (Å²) in [7, 11) is 0. The topological polar surface area (TPSA) is 21.6 Å². The van der Waals surface area contributed by atoms with Gasteiger partial charge in [-0.3, -0.25) is 4.99 Å². The standard InChI is InChI=1S/C21H39NO/c1-3-4-5-6-7-8-9-10-11-12-13-14-15-16-17-18-21-22-19-20(2)23-21/h10-11,20H,3-9,12-19H2,1-2H3/b11-10+/t20-/m0/s1. The Morgan fingerprint density at radius 3 is 2.00 bits per heavy atom. The van der Waals surface area contributed by atoms with Gasteiger partial charge in [0.2, 0.25) is 0 Å². The van der Waals surface area contributed by atoms with Crippen LogP contribution in [0.2, 0.25) is 0 Å². The summed E-state index contributed by atoms with van der Waals surface area (Å²) < 4.78 is 5.62. The van der Waals surface area contributed by atoms with E-state index >= 15 is 0 Å². The van der Waals surface area contributed by atoms with E-state index in [0.29, 0.717) is 6.10 Å². The number of allylic oxidation sites excluding steroid dienone is 2. The monoisotopic (exact) mass is 321 g/mol. The molecule has 0 aromatic rings. The van der Waals surface area contributed by atoms with Crippen LogP contribution >= 0.6 is 0 Å². The molecule has 0 saturated heterocycles. The van der Waals surface area contributed by atoms with Crippen LogP contribution in [-0.2, 0) is 4.74 Å². The average molecular weight is 322 g/mol. The van der Waals surface area contributed by atoms with Gasteiger partial charge in [0.15, 0.2) is 5.90 Å². The minimum absolute atomic E-state index is 0.313. The second-order valence-corrected chi connectivity index (χ2v) is 7.00. The lowest BCUT2D eigenvalue weighted by atomic mass is 10.1. The molecule has 2 heteroatoms. The van der Waals surface area contributed by atoms with Crippen LogP contribution in [0.5, 0.6) is 0 Å². The quantitative estimate of drug-likeness (QED) is 0.239. The number of aliphatic imine (C=N–C) groups is 1. The molecule has 0 aliphatic carbocycles. The molecule has 0 aromatic heterocycles. The van der Waals surface area contributed by atoms with Gasteiger partial charge in [-0.2, -0.15) is 0 Å². The zero-order valence-electron chi connectivity index (χ0n) is 15.7. The highest BCUT2D eigenvalue weighted by molar-refractivity contribution is 5.77. The van der Waals surface area contributed by atoms with Gasteiger partial charge in [-0.05, 0) is 39.0 Å². The summed E-state index contributed by atoms with van der Waals surface area (Å²) in [6.45, 7) is 5.24. The first-order valence-electron chi connectivity index (χ1n) is 10.2. The van der Waals surface area contributed by atoms with Crippen molar-refractivity contribution in [3.05, 3.63) is 12.2 Å². The lowest BCUT2D eigenvalue weighted by Gasteiger charge is -2.05. The van der Waals surface area contributed by atoms with Crippen molar-refractivity contribution < 1.29 is 4.74 Å². The molecule has 1 aliphatic rings. The van der Waals surface area contributed by atoms with E-state index in [-0.39, 0.29) is 0 Å². The molecule has 1 heterocycles. The molecule has 2 nitrogen and oxygen atoms in total. The first-order valence-corrected chi connectivity index (χ1v) is 10.2. The summed E-state index contributed by atoms with van der Waals surface area (Å²) in [4.78, 5) is 4.41. The van der Waals surface area contributed by atoms with Crippen molar-refractivity contribution in [2.24, 2.45) is 4.99 Å². The first-order chi connectivity index (χ1) is 11.3. The molecule has 1 aliphatic heterocycles. The minimum Gasteiger partial charge on any atom is -0.476 e. The van der Waals surface area contributed by atoms with Crippen molar-refractivity contribution in [1.82, 2.24) is 0 Å². The summed E-state index contributed by atoms with van der Waals surface area (Å²) >= 11 is 0. The Kier molecular flexibility index (Phi) is 13.0. The van der Waals surface area contributed by atoms with Crippen LogP contribution in [-0.4, -0.2) is 18.5 Å². The van der Waals surface area contributed by atoms with Gasteiger partial charge in [0, 0.05) is 6.42 Å². The molecule has 0 bridgehead atoms. The normalized spacial score (nSPS) is 17.7. The fourth-order valence-electron chi connectivity index (χ4n) is 3.02. The van der Waals surface area contributed by atoms with E-state index in [9.17, 15) is 0 Å². The Bertz CT molecular complexity index is 322. The highest BCUT2D eigenvalue weighted by Crippen LogP contribution is 2.13. The Hall–Kier alpha value is -0.790. The lowest BCUT2D eigenvalue weighted by molar-refractivity contribution is 0.238. The third-order valence-corrected chi connectivity index (χ3v) is 4.51. The molecule has 134 valence electrons. The molecule has 23 heavy (non-hydrogen) atoms. The molecule has 1 rings (SSSR count). The van der Waals surface area contributed by atoms with Gasteiger partial charge < -0.3 is 4.74 Å². The van der Waals surface area contributed by atoms with E-state index in [4.69, 9.17) is 4.74 Å². The minimum atomic E-state index is 0.313. The maximum absolute atomic E-state index is 5.62. The van der Waals surface area contributed by atoms with E-state index in [0.717, 1.165) is 18.9 Å². The maximum Gasteiger partial charge on any atom is 0.183 e. The molecule has 1 atom stereocenters. The summed E-state index contributed by atoms with van der Waals surface area (Å²) in [5.74, 6) is 0.995. The lowest BCUT2D eigenvalue weighted by Crippen LogP contribution is -2.07. The molecular weight excluding hydrogens is 282 g/mol. The summed E-state index contributed by atoms with van der Waals surface area (Å²) in [6, 6.07) is 0. The number of nitrogens with zero attached hydrogens (tertiary/aromatic N) is 1. The predicted molar refractivity (Wildman–Crippen MR) is 102 cm³/mol. The van der Waals surface area contributed by atoms with Crippen LogP contribution in [0.1, 0.15) is 104 Å². The first kappa shape index (κ1) is 20.3. The summed E-state index contributed by atoms with van der Waals surface area (Å²) in [6.07, 6.45) is 23.7. The second kappa shape index (κ2) is 14.8. The third-order valence-electron chi connectivity index (χ3n) is 4.51. The summed E-state index contributed by atoms with van der Waals surface area (Å²) in [5.41, 5.74) is 0. The molecular formula is C21H39NO. The molecule has 0 fully saturated rings. The maximum atomic E-state index is 5.62. The Morgan fingerprint density at radius 1 is 0.870 bits per heavy atom.